The molecule has 1 N–H and O–H groups in total. The normalized spacial score (nSPS) is 10.6. The van der Waals surface area contributed by atoms with Gasteiger partial charge in [-0.2, -0.15) is 0 Å². The summed E-state index contributed by atoms with van der Waals surface area (Å²) in [5.41, 5.74) is 3.63. The van der Waals surface area contributed by atoms with Crippen LogP contribution in [0.25, 0.3) is 0 Å². The van der Waals surface area contributed by atoms with Gasteiger partial charge in [-0.15, -0.1) is 0 Å². The standard InChI is InChI=1S/C34H36N2O4S/c1-3-39-32-15-9-8-14-31(32)35-34(38)36(24-10-13-26-11-6-5-7-12-26)28-18-22-30(23-19-28)41-29-20-16-27(17-21-29)25-33(37)40-4-2/h5-9,11-12,14-23H,3-4,10,13,24-25H2,1-2H3,(H,35,38). The Kier molecular flexibility index (Phi) is 11.3. The smallest absolute Gasteiger partial charge is 0.326 e. The van der Waals surface area contributed by atoms with Crippen molar-refractivity contribution >= 4 is 35.1 Å². The molecule has 0 aliphatic carbocycles. The van der Waals surface area contributed by atoms with Crippen LogP contribution in [0.5, 0.6) is 5.75 Å². The largest absolute Gasteiger partial charge is 0.492 e. The minimum absolute atomic E-state index is 0.206. The maximum Gasteiger partial charge on any atom is 0.326 e. The van der Waals surface area contributed by atoms with E-state index in [0.717, 1.165) is 33.9 Å². The first kappa shape index (κ1) is 29.7. The van der Waals surface area contributed by atoms with Crippen molar-refractivity contribution in [3.05, 3.63) is 114 Å². The van der Waals surface area contributed by atoms with E-state index in [0.29, 0.717) is 31.2 Å². The first-order valence-electron chi connectivity index (χ1n) is 13.9. The highest BCUT2D eigenvalue weighted by Gasteiger charge is 2.18. The third-order valence-electron chi connectivity index (χ3n) is 6.32. The number of esters is 1. The molecular weight excluding hydrogens is 532 g/mol. The van der Waals surface area contributed by atoms with Crippen LogP contribution in [-0.2, 0) is 22.4 Å². The molecule has 4 rings (SSSR count). The number of benzene rings is 4. The SMILES string of the molecule is CCOC(=O)Cc1ccc(Sc2ccc(N(CCCc3ccccc3)C(=O)Nc3ccccc3OCC)cc2)cc1. The lowest BCUT2D eigenvalue weighted by atomic mass is 10.1. The fraction of sp³-hybridized carbons (Fsp3) is 0.235. The molecule has 0 aliphatic rings. The molecule has 41 heavy (non-hydrogen) atoms. The van der Waals surface area contributed by atoms with Crippen molar-refractivity contribution in [2.75, 3.05) is 30.0 Å². The molecule has 212 valence electrons. The molecule has 0 spiro atoms. The number of para-hydroxylation sites is 2. The Hall–Kier alpha value is -4.23. The Balaban J connectivity index is 1.45. The molecule has 0 fully saturated rings. The van der Waals surface area contributed by atoms with E-state index < -0.39 is 0 Å². The molecule has 0 saturated heterocycles. The lowest BCUT2D eigenvalue weighted by Crippen LogP contribution is -2.36. The maximum absolute atomic E-state index is 13.6. The predicted octanol–water partition coefficient (Wildman–Crippen LogP) is 8.01. The minimum Gasteiger partial charge on any atom is -0.492 e. The van der Waals surface area contributed by atoms with Crippen LogP contribution in [0.15, 0.2) is 113 Å². The molecule has 0 heterocycles. The first-order valence-corrected chi connectivity index (χ1v) is 14.7. The van der Waals surface area contributed by atoms with Crippen LogP contribution in [0.1, 0.15) is 31.4 Å². The van der Waals surface area contributed by atoms with Gasteiger partial charge in [0, 0.05) is 22.0 Å². The summed E-state index contributed by atoms with van der Waals surface area (Å²) in [7, 11) is 0. The molecule has 0 bridgehead atoms. The highest BCUT2D eigenvalue weighted by Crippen LogP contribution is 2.30. The second-order valence-electron chi connectivity index (χ2n) is 9.32. The van der Waals surface area contributed by atoms with Gasteiger partial charge in [0.25, 0.3) is 0 Å². The fourth-order valence-corrected chi connectivity index (χ4v) is 5.17. The van der Waals surface area contributed by atoms with Gasteiger partial charge in [-0.05, 0) is 86.3 Å². The van der Waals surface area contributed by atoms with Crippen LogP contribution in [0.4, 0.5) is 16.2 Å². The monoisotopic (exact) mass is 568 g/mol. The highest BCUT2D eigenvalue weighted by atomic mass is 32.2. The van der Waals surface area contributed by atoms with Gasteiger partial charge in [0.1, 0.15) is 5.75 Å². The number of ether oxygens (including phenoxy) is 2. The molecule has 0 atom stereocenters. The molecule has 4 aromatic rings. The van der Waals surface area contributed by atoms with E-state index in [2.05, 4.69) is 17.4 Å². The molecule has 0 radical (unpaired) electrons. The van der Waals surface area contributed by atoms with Gasteiger partial charge in [0.15, 0.2) is 0 Å². The van der Waals surface area contributed by atoms with Gasteiger partial charge in [-0.1, -0.05) is 66.4 Å². The Morgan fingerprint density at radius 2 is 1.41 bits per heavy atom. The number of carbonyl (C=O) groups is 2. The summed E-state index contributed by atoms with van der Waals surface area (Å²) in [6, 6.07) is 33.5. The molecule has 0 saturated carbocycles. The molecule has 0 aliphatic heterocycles. The molecule has 6 nitrogen and oxygen atoms in total. The van der Waals surface area contributed by atoms with Gasteiger partial charge >= 0.3 is 12.0 Å². The second-order valence-corrected chi connectivity index (χ2v) is 10.5. The number of hydrogen-bond donors (Lipinski definition) is 1. The topological polar surface area (TPSA) is 67.9 Å². The van der Waals surface area contributed by atoms with Crippen molar-refractivity contribution in [3.8, 4) is 5.75 Å². The quantitative estimate of drug-likeness (QED) is 0.166. The van der Waals surface area contributed by atoms with Gasteiger partial charge in [0.05, 0.1) is 25.3 Å². The van der Waals surface area contributed by atoms with Crippen LogP contribution < -0.4 is 15.0 Å². The lowest BCUT2D eigenvalue weighted by Gasteiger charge is -2.24. The predicted molar refractivity (Wildman–Crippen MR) is 166 cm³/mol. The number of hydrogen-bond acceptors (Lipinski definition) is 5. The Bertz CT molecular complexity index is 1390. The van der Waals surface area contributed by atoms with Crippen molar-refractivity contribution in [3.63, 3.8) is 0 Å². The van der Waals surface area contributed by atoms with Crippen molar-refractivity contribution in [2.24, 2.45) is 0 Å². The Morgan fingerprint density at radius 1 is 0.756 bits per heavy atom. The number of nitrogens with zero attached hydrogens (tertiary/aromatic N) is 1. The summed E-state index contributed by atoms with van der Waals surface area (Å²) in [5, 5.41) is 3.05. The number of rotatable bonds is 13. The van der Waals surface area contributed by atoms with Crippen LogP contribution in [-0.4, -0.2) is 31.8 Å². The zero-order chi connectivity index (χ0) is 28.9. The van der Waals surface area contributed by atoms with Crippen LogP contribution in [0.3, 0.4) is 0 Å². The summed E-state index contributed by atoms with van der Waals surface area (Å²) in [6.07, 6.45) is 1.96. The average molecular weight is 569 g/mol. The Morgan fingerprint density at radius 3 is 2.10 bits per heavy atom. The summed E-state index contributed by atoms with van der Waals surface area (Å²) >= 11 is 1.63. The third-order valence-corrected chi connectivity index (χ3v) is 7.34. The van der Waals surface area contributed by atoms with E-state index in [1.54, 1.807) is 23.6 Å². The zero-order valence-corrected chi connectivity index (χ0v) is 24.4. The zero-order valence-electron chi connectivity index (χ0n) is 23.5. The van der Waals surface area contributed by atoms with E-state index in [4.69, 9.17) is 9.47 Å². The van der Waals surface area contributed by atoms with Gasteiger partial charge < -0.3 is 14.8 Å². The summed E-state index contributed by atoms with van der Waals surface area (Å²) in [6.45, 7) is 5.19. The average Bonchev–Trinajstić information content (AvgIpc) is 2.99. The van der Waals surface area contributed by atoms with Crippen LogP contribution in [0.2, 0.25) is 0 Å². The van der Waals surface area contributed by atoms with E-state index in [9.17, 15) is 9.59 Å². The van der Waals surface area contributed by atoms with Crippen LogP contribution in [0, 0.1) is 0 Å². The number of amides is 2. The molecule has 4 aromatic carbocycles. The number of urea groups is 1. The van der Waals surface area contributed by atoms with Crippen molar-refractivity contribution in [2.45, 2.75) is 42.9 Å². The summed E-state index contributed by atoms with van der Waals surface area (Å²) in [4.78, 5) is 29.2. The van der Waals surface area contributed by atoms with E-state index in [1.165, 1.54) is 5.56 Å². The fourth-order valence-electron chi connectivity index (χ4n) is 4.35. The lowest BCUT2D eigenvalue weighted by molar-refractivity contribution is -0.142. The van der Waals surface area contributed by atoms with Crippen molar-refractivity contribution in [1.29, 1.82) is 0 Å². The summed E-state index contributed by atoms with van der Waals surface area (Å²) < 4.78 is 10.7. The number of nitrogens with one attached hydrogen (secondary N) is 1. The van der Waals surface area contributed by atoms with E-state index >= 15 is 0 Å². The van der Waals surface area contributed by atoms with E-state index in [-0.39, 0.29) is 18.4 Å². The molecule has 7 heteroatoms. The van der Waals surface area contributed by atoms with E-state index in [1.807, 2.05) is 97.9 Å². The summed E-state index contributed by atoms with van der Waals surface area (Å²) in [5.74, 6) is 0.426. The second kappa shape index (κ2) is 15.5. The minimum atomic E-state index is -0.220. The number of aryl methyl sites for hydroxylation is 1. The number of carbonyl (C=O) groups excluding carboxylic acids is 2. The van der Waals surface area contributed by atoms with Gasteiger partial charge in [-0.3, -0.25) is 9.69 Å². The van der Waals surface area contributed by atoms with Crippen molar-refractivity contribution in [1.82, 2.24) is 0 Å². The first-order chi connectivity index (χ1) is 20.1. The van der Waals surface area contributed by atoms with Crippen LogP contribution >= 0.6 is 11.8 Å². The third kappa shape index (κ3) is 9.15. The van der Waals surface area contributed by atoms with Crippen molar-refractivity contribution < 1.29 is 19.1 Å². The van der Waals surface area contributed by atoms with Gasteiger partial charge in [-0.25, -0.2) is 4.79 Å². The van der Waals surface area contributed by atoms with Gasteiger partial charge in [0.2, 0.25) is 0 Å². The Labute approximate surface area is 246 Å². The molecular formula is C34H36N2O4S. The number of anilines is 2. The molecule has 0 unspecified atom stereocenters. The highest BCUT2D eigenvalue weighted by molar-refractivity contribution is 7.99. The molecule has 0 aromatic heterocycles. The molecule has 2 amide bonds. The maximum atomic E-state index is 13.6.